The molecule has 1 unspecified atom stereocenters. The van der Waals surface area contributed by atoms with Crippen LogP contribution >= 0.6 is 11.3 Å². The van der Waals surface area contributed by atoms with Gasteiger partial charge in [0.25, 0.3) is 0 Å². The predicted octanol–water partition coefficient (Wildman–Crippen LogP) is 4.55. The molecule has 0 saturated heterocycles. The fraction of sp³-hybridized carbons (Fsp3) is 0.467. The SMILES string of the molecule is CC(C)CCC(C)(O)c1cc2ccccc2s1. The van der Waals surface area contributed by atoms with Gasteiger partial charge < -0.3 is 5.11 Å². The van der Waals surface area contributed by atoms with E-state index in [1.165, 1.54) is 10.1 Å². The lowest BCUT2D eigenvalue weighted by atomic mass is 9.94. The van der Waals surface area contributed by atoms with Gasteiger partial charge in [-0.15, -0.1) is 11.3 Å². The lowest BCUT2D eigenvalue weighted by Crippen LogP contribution is -2.20. The van der Waals surface area contributed by atoms with E-state index in [0.29, 0.717) is 5.92 Å². The zero-order chi connectivity index (χ0) is 12.5. The highest BCUT2D eigenvalue weighted by Crippen LogP contribution is 2.36. The maximum Gasteiger partial charge on any atom is 0.0960 e. The molecule has 0 aliphatic carbocycles. The van der Waals surface area contributed by atoms with Crippen molar-refractivity contribution in [3.05, 3.63) is 35.2 Å². The summed E-state index contributed by atoms with van der Waals surface area (Å²) in [5.41, 5.74) is -0.687. The van der Waals surface area contributed by atoms with Gasteiger partial charge in [0.2, 0.25) is 0 Å². The van der Waals surface area contributed by atoms with Crippen LogP contribution in [0.15, 0.2) is 30.3 Å². The van der Waals surface area contributed by atoms with Gasteiger partial charge in [-0.1, -0.05) is 32.0 Å². The van der Waals surface area contributed by atoms with Crippen LogP contribution in [-0.2, 0) is 5.60 Å². The molecule has 1 aromatic carbocycles. The van der Waals surface area contributed by atoms with Crippen molar-refractivity contribution in [2.45, 2.75) is 39.2 Å². The summed E-state index contributed by atoms with van der Waals surface area (Å²) in [5.74, 6) is 0.635. The second-order valence-corrected chi connectivity index (χ2v) is 6.44. The summed E-state index contributed by atoms with van der Waals surface area (Å²) in [5, 5.41) is 11.8. The maximum absolute atomic E-state index is 10.5. The Bertz CT molecular complexity index is 463. The van der Waals surface area contributed by atoms with E-state index in [0.717, 1.165) is 17.7 Å². The lowest BCUT2D eigenvalue weighted by molar-refractivity contribution is 0.0458. The van der Waals surface area contributed by atoms with Crippen LogP contribution in [0, 0.1) is 5.92 Å². The molecule has 1 aromatic heterocycles. The van der Waals surface area contributed by atoms with Gasteiger partial charge in [0, 0.05) is 9.58 Å². The van der Waals surface area contributed by atoms with E-state index < -0.39 is 5.60 Å². The number of hydrogen-bond donors (Lipinski definition) is 1. The molecule has 17 heavy (non-hydrogen) atoms. The van der Waals surface area contributed by atoms with E-state index in [9.17, 15) is 5.11 Å². The van der Waals surface area contributed by atoms with Crippen LogP contribution in [0.5, 0.6) is 0 Å². The van der Waals surface area contributed by atoms with Gasteiger partial charge in [-0.3, -0.25) is 0 Å². The van der Waals surface area contributed by atoms with E-state index in [1.807, 2.05) is 19.1 Å². The Morgan fingerprint density at radius 1 is 1.29 bits per heavy atom. The zero-order valence-corrected chi connectivity index (χ0v) is 11.6. The Hall–Kier alpha value is -0.860. The van der Waals surface area contributed by atoms with Crippen molar-refractivity contribution in [2.24, 2.45) is 5.92 Å². The van der Waals surface area contributed by atoms with E-state index in [-0.39, 0.29) is 0 Å². The van der Waals surface area contributed by atoms with E-state index in [4.69, 9.17) is 0 Å². The molecule has 0 spiro atoms. The molecule has 2 rings (SSSR count). The minimum Gasteiger partial charge on any atom is -0.385 e. The van der Waals surface area contributed by atoms with Crippen LogP contribution in [-0.4, -0.2) is 5.11 Å². The first-order valence-electron chi connectivity index (χ1n) is 6.20. The molecule has 2 aromatic rings. The second kappa shape index (κ2) is 4.79. The van der Waals surface area contributed by atoms with Crippen molar-refractivity contribution in [2.75, 3.05) is 0 Å². The highest BCUT2D eigenvalue weighted by atomic mass is 32.1. The minimum atomic E-state index is -0.687. The molecule has 0 bridgehead atoms. The first-order valence-corrected chi connectivity index (χ1v) is 7.02. The topological polar surface area (TPSA) is 20.2 Å². The number of rotatable bonds is 4. The Morgan fingerprint density at radius 2 is 2.00 bits per heavy atom. The number of thiophene rings is 1. The predicted molar refractivity (Wildman–Crippen MR) is 75.5 cm³/mol. The Labute approximate surface area is 107 Å². The third-order valence-electron chi connectivity index (χ3n) is 3.16. The van der Waals surface area contributed by atoms with E-state index in [1.54, 1.807) is 11.3 Å². The minimum absolute atomic E-state index is 0.635. The molecule has 0 aliphatic rings. The second-order valence-electron chi connectivity index (χ2n) is 5.35. The molecule has 1 N–H and O–H groups in total. The monoisotopic (exact) mass is 248 g/mol. The molecular formula is C15H20OS. The van der Waals surface area contributed by atoms with Gasteiger partial charge in [0.05, 0.1) is 5.60 Å². The number of hydrogen-bond acceptors (Lipinski definition) is 2. The zero-order valence-electron chi connectivity index (χ0n) is 10.7. The molecule has 1 nitrogen and oxygen atoms in total. The summed E-state index contributed by atoms with van der Waals surface area (Å²) in [6.07, 6.45) is 1.89. The smallest absolute Gasteiger partial charge is 0.0960 e. The third-order valence-corrected chi connectivity index (χ3v) is 4.53. The first kappa shape index (κ1) is 12.6. The van der Waals surface area contributed by atoms with Crippen LogP contribution in [0.4, 0.5) is 0 Å². The van der Waals surface area contributed by atoms with Crippen molar-refractivity contribution >= 4 is 21.4 Å². The molecular weight excluding hydrogens is 228 g/mol. The maximum atomic E-state index is 10.5. The molecule has 1 atom stereocenters. The Kier molecular flexibility index (Phi) is 3.55. The van der Waals surface area contributed by atoms with Gasteiger partial charge >= 0.3 is 0 Å². The Morgan fingerprint density at radius 3 is 2.65 bits per heavy atom. The number of benzene rings is 1. The quantitative estimate of drug-likeness (QED) is 0.842. The van der Waals surface area contributed by atoms with Crippen molar-refractivity contribution in [1.29, 1.82) is 0 Å². The summed E-state index contributed by atoms with van der Waals surface area (Å²) < 4.78 is 1.26. The fourth-order valence-corrected chi connectivity index (χ4v) is 3.08. The summed E-state index contributed by atoms with van der Waals surface area (Å²) in [4.78, 5) is 1.08. The number of fused-ring (bicyclic) bond motifs is 1. The molecule has 0 fully saturated rings. The molecule has 0 saturated carbocycles. The van der Waals surface area contributed by atoms with Crippen molar-refractivity contribution in [3.8, 4) is 0 Å². The molecule has 0 amide bonds. The standard InChI is InChI=1S/C15H20OS/c1-11(2)8-9-15(3,16)14-10-12-6-4-5-7-13(12)17-14/h4-7,10-11,16H,8-9H2,1-3H3. The summed E-state index contributed by atoms with van der Waals surface area (Å²) in [6, 6.07) is 10.4. The third kappa shape index (κ3) is 2.88. The van der Waals surface area contributed by atoms with Crippen LogP contribution < -0.4 is 0 Å². The lowest BCUT2D eigenvalue weighted by Gasteiger charge is -2.22. The highest BCUT2D eigenvalue weighted by Gasteiger charge is 2.25. The van der Waals surface area contributed by atoms with Crippen LogP contribution in [0.1, 0.15) is 38.5 Å². The van der Waals surface area contributed by atoms with Gasteiger partial charge in [0.15, 0.2) is 0 Å². The highest BCUT2D eigenvalue weighted by molar-refractivity contribution is 7.19. The average Bonchev–Trinajstić information content (AvgIpc) is 2.71. The van der Waals surface area contributed by atoms with Gasteiger partial charge in [0.1, 0.15) is 0 Å². The van der Waals surface area contributed by atoms with Crippen molar-refractivity contribution in [3.63, 3.8) is 0 Å². The van der Waals surface area contributed by atoms with Crippen LogP contribution in [0.25, 0.3) is 10.1 Å². The van der Waals surface area contributed by atoms with Crippen molar-refractivity contribution in [1.82, 2.24) is 0 Å². The molecule has 2 heteroatoms. The molecule has 92 valence electrons. The average molecular weight is 248 g/mol. The van der Waals surface area contributed by atoms with Crippen LogP contribution in [0.2, 0.25) is 0 Å². The van der Waals surface area contributed by atoms with Crippen molar-refractivity contribution < 1.29 is 5.11 Å². The number of aliphatic hydroxyl groups is 1. The normalized spacial score (nSPS) is 15.4. The van der Waals surface area contributed by atoms with Gasteiger partial charge in [-0.25, -0.2) is 0 Å². The first-order chi connectivity index (χ1) is 7.99. The summed E-state index contributed by atoms with van der Waals surface area (Å²) in [7, 11) is 0. The van der Waals surface area contributed by atoms with Gasteiger partial charge in [-0.2, -0.15) is 0 Å². The summed E-state index contributed by atoms with van der Waals surface area (Å²) >= 11 is 1.71. The molecule has 1 heterocycles. The summed E-state index contributed by atoms with van der Waals surface area (Å²) in [6.45, 7) is 6.32. The van der Waals surface area contributed by atoms with Crippen LogP contribution in [0.3, 0.4) is 0 Å². The molecule has 0 radical (unpaired) electrons. The van der Waals surface area contributed by atoms with E-state index in [2.05, 4.69) is 32.0 Å². The largest absolute Gasteiger partial charge is 0.385 e. The fourth-order valence-electron chi connectivity index (χ4n) is 1.94. The Balaban J connectivity index is 2.25. The van der Waals surface area contributed by atoms with E-state index >= 15 is 0 Å². The molecule has 0 aliphatic heterocycles. The van der Waals surface area contributed by atoms with Gasteiger partial charge in [-0.05, 0) is 43.2 Å².